The van der Waals surface area contributed by atoms with Crippen molar-refractivity contribution in [2.24, 2.45) is 0 Å². The van der Waals surface area contributed by atoms with E-state index >= 15 is 0 Å². The van der Waals surface area contributed by atoms with Gasteiger partial charge < -0.3 is 10.3 Å². The molecule has 0 aromatic carbocycles. The van der Waals surface area contributed by atoms with Crippen molar-refractivity contribution in [3.05, 3.63) is 24.0 Å². The molecule has 1 rings (SSSR count). The van der Waals surface area contributed by atoms with Gasteiger partial charge in [0, 0.05) is 31.5 Å². The van der Waals surface area contributed by atoms with E-state index in [0.29, 0.717) is 19.6 Å². The Balaban J connectivity index is 2.17. The number of hydrogen-bond acceptors (Lipinski definition) is 3. The molecule has 1 aromatic heterocycles. The highest BCUT2D eigenvalue weighted by Crippen LogP contribution is 1.92. The van der Waals surface area contributed by atoms with Gasteiger partial charge in [0.25, 0.3) is 0 Å². The SMILES string of the molecule is CCNS(=O)(=O)CCNCc1ccc[nH]1. The van der Waals surface area contributed by atoms with Gasteiger partial charge in [0.15, 0.2) is 0 Å². The van der Waals surface area contributed by atoms with Crippen molar-refractivity contribution in [2.75, 3.05) is 18.8 Å². The standard InChI is InChI=1S/C9H17N3O2S/c1-2-12-15(13,14)7-6-10-8-9-4-3-5-11-9/h3-5,10-12H,2,6-8H2,1H3. The molecular formula is C9H17N3O2S. The van der Waals surface area contributed by atoms with Gasteiger partial charge in [0.05, 0.1) is 5.75 Å². The molecule has 0 bridgehead atoms. The highest BCUT2D eigenvalue weighted by molar-refractivity contribution is 7.89. The molecular weight excluding hydrogens is 214 g/mol. The first kappa shape index (κ1) is 12.2. The Morgan fingerprint density at radius 3 is 2.87 bits per heavy atom. The third-order valence-electron chi connectivity index (χ3n) is 1.89. The van der Waals surface area contributed by atoms with Crippen molar-refractivity contribution in [2.45, 2.75) is 13.5 Å². The van der Waals surface area contributed by atoms with Crippen LogP contribution in [0.5, 0.6) is 0 Å². The first-order valence-electron chi connectivity index (χ1n) is 4.94. The maximum Gasteiger partial charge on any atom is 0.212 e. The van der Waals surface area contributed by atoms with Crippen LogP contribution in [0, 0.1) is 0 Å². The van der Waals surface area contributed by atoms with Crippen molar-refractivity contribution in [1.82, 2.24) is 15.0 Å². The van der Waals surface area contributed by atoms with Crippen LogP contribution in [0.3, 0.4) is 0 Å². The highest BCUT2D eigenvalue weighted by atomic mass is 32.2. The van der Waals surface area contributed by atoms with Crippen molar-refractivity contribution < 1.29 is 8.42 Å². The zero-order chi connectivity index (χ0) is 11.1. The lowest BCUT2D eigenvalue weighted by Gasteiger charge is -2.05. The molecule has 3 N–H and O–H groups in total. The molecule has 0 saturated carbocycles. The molecule has 0 fully saturated rings. The minimum absolute atomic E-state index is 0.113. The van der Waals surface area contributed by atoms with Crippen molar-refractivity contribution in [3.8, 4) is 0 Å². The number of sulfonamides is 1. The predicted octanol–water partition coefficient (Wildman–Crippen LogP) is 0.0436. The maximum absolute atomic E-state index is 11.2. The Morgan fingerprint density at radius 2 is 2.27 bits per heavy atom. The van der Waals surface area contributed by atoms with Crippen molar-refractivity contribution in [3.63, 3.8) is 0 Å². The molecule has 5 nitrogen and oxygen atoms in total. The van der Waals surface area contributed by atoms with E-state index < -0.39 is 10.0 Å². The van der Waals surface area contributed by atoms with E-state index in [1.807, 2.05) is 18.3 Å². The van der Waals surface area contributed by atoms with E-state index in [1.165, 1.54) is 0 Å². The number of aromatic nitrogens is 1. The van der Waals surface area contributed by atoms with Gasteiger partial charge in [0.2, 0.25) is 10.0 Å². The Bertz CT molecular complexity index is 359. The normalized spacial score (nSPS) is 11.8. The van der Waals surface area contributed by atoms with Crippen molar-refractivity contribution >= 4 is 10.0 Å². The third kappa shape index (κ3) is 4.96. The van der Waals surface area contributed by atoms with Crippen LogP contribution < -0.4 is 10.0 Å². The summed E-state index contributed by atoms with van der Waals surface area (Å²) in [6.45, 7) is 3.33. The topological polar surface area (TPSA) is 74.0 Å². The van der Waals surface area contributed by atoms with Gasteiger partial charge in [-0.15, -0.1) is 0 Å². The van der Waals surface area contributed by atoms with Crippen molar-refractivity contribution in [1.29, 1.82) is 0 Å². The Kier molecular flexibility index (Phi) is 4.80. The Hall–Kier alpha value is -0.850. The van der Waals surface area contributed by atoms with Crippen LogP contribution in [0.25, 0.3) is 0 Å². The average molecular weight is 231 g/mol. The number of nitrogens with one attached hydrogen (secondary N) is 3. The average Bonchev–Trinajstić information content (AvgIpc) is 2.65. The maximum atomic E-state index is 11.2. The Morgan fingerprint density at radius 1 is 1.47 bits per heavy atom. The summed E-state index contributed by atoms with van der Waals surface area (Å²) in [5.74, 6) is 0.113. The van der Waals surface area contributed by atoms with Crippen LogP contribution >= 0.6 is 0 Å². The third-order valence-corrected chi connectivity index (χ3v) is 3.36. The quantitative estimate of drug-likeness (QED) is 0.580. The molecule has 0 amide bonds. The van der Waals surface area contributed by atoms with E-state index in [2.05, 4.69) is 15.0 Å². The van der Waals surface area contributed by atoms with Crippen LogP contribution in [0.1, 0.15) is 12.6 Å². The Labute approximate surface area is 90.3 Å². The molecule has 0 aliphatic carbocycles. The second-order valence-electron chi connectivity index (χ2n) is 3.19. The van der Waals surface area contributed by atoms with Gasteiger partial charge in [-0.2, -0.15) is 0 Å². The van der Waals surface area contributed by atoms with Gasteiger partial charge in [-0.1, -0.05) is 6.92 Å². The fraction of sp³-hybridized carbons (Fsp3) is 0.556. The van der Waals surface area contributed by atoms with Gasteiger partial charge in [-0.05, 0) is 12.1 Å². The summed E-state index contributed by atoms with van der Waals surface area (Å²) in [5, 5.41) is 3.05. The molecule has 0 saturated heterocycles. The highest BCUT2D eigenvalue weighted by Gasteiger charge is 2.06. The van der Waals surface area contributed by atoms with E-state index in [4.69, 9.17) is 0 Å². The molecule has 86 valence electrons. The summed E-state index contributed by atoms with van der Waals surface area (Å²) in [7, 11) is -3.10. The summed E-state index contributed by atoms with van der Waals surface area (Å²) >= 11 is 0. The minimum atomic E-state index is -3.10. The summed E-state index contributed by atoms with van der Waals surface area (Å²) in [5.41, 5.74) is 1.05. The molecule has 6 heteroatoms. The first-order valence-corrected chi connectivity index (χ1v) is 6.59. The smallest absolute Gasteiger partial charge is 0.212 e. The zero-order valence-electron chi connectivity index (χ0n) is 8.79. The van der Waals surface area contributed by atoms with Crippen LogP contribution in [0.4, 0.5) is 0 Å². The second-order valence-corrected chi connectivity index (χ2v) is 5.12. The fourth-order valence-electron chi connectivity index (χ4n) is 1.20. The monoisotopic (exact) mass is 231 g/mol. The lowest BCUT2D eigenvalue weighted by Crippen LogP contribution is -2.31. The van der Waals surface area contributed by atoms with E-state index in [1.54, 1.807) is 6.92 Å². The summed E-state index contributed by atoms with van der Waals surface area (Å²) in [6, 6.07) is 3.86. The van der Waals surface area contributed by atoms with Crippen LogP contribution in [-0.4, -0.2) is 32.2 Å². The summed E-state index contributed by atoms with van der Waals surface area (Å²) in [4.78, 5) is 3.03. The number of rotatable bonds is 7. The summed E-state index contributed by atoms with van der Waals surface area (Å²) in [6.07, 6.45) is 1.84. The van der Waals surface area contributed by atoms with E-state index in [0.717, 1.165) is 5.69 Å². The summed E-state index contributed by atoms with van der Waals surface area (Å²) < 4.78 is 24.9. The first-order chi connectivity index (χ1) is 7.14. The molecule has 0 spiro atoms. The van der Waals surface area contributed by atoms with Gasteiger partial charge in [0.1, 0.15) is 0 Å². The van der Waals surface area contributed by atoms with Crippen LogP contribution in [-0.2, 0) is 16.6 Å². The molecule has 15 heavy (non-hydrogen) atoms. The number of aromatic amines is 1. The molecule has 0 unspecified atom stereocenters. The zero-order valence-corrected chi connectivity index (χ0v) is 9.60. The molecule has 0 radical (unpaired) electrons. The fourth-order valence-corrected chi connectivity index (χ4v) is 2.20. The largest absolute Gasteiger partial charge is 0.364 e. The molecule has 0 aliphatic heterocycles. The minimum Gasteiger partial charge on any atom is -0.364 e. The number of H-pyrrole nitrogens is 1. The van der Waals surface area contributed by atoms with E-state index in [9.17, 15) is 8.42 Å². The molecule has 1 heterocycles. The van der Waals surface area contributed by atoms with E-state index in [-0.39, 0.29) is 5.75 Å². The van der Waals surface area contributed by atoms with Gasteiger partial charge in [-0.25, -0.2) is 13.1 Å². The van der Waals surface area contributed by atoms with Gasteiger partial charge >= 0.3 is 0 Å². The molecule has 1 aromatic rings. The van der Waals surface area contributed by atoms with Crippen LogP contribution in [0.15, 0.2) is 18.3 Å². The predicted molar refractivity (Wildman–Crippen MR) is 60.0 cm³/mol. The lowest BCUT2D eigenvalue weighted by molar-refractivity contribution is 0.578. The van der Waals surface area contributed by atoms with Gasteiger partial charge in [-0.3, -0.25) is 0 Å². The molecule has 0 aliphatic rings. The van der Waals surface area contributed by atoms with Crippen LogP contribution in [0.2, 0.25) is 0 Å². The number of hydrogen-bond donors (Lipinski definition) is 3. The molecule has 0 atom stereocenters. The second kappa shape index (κ2) is 5.89. The lowest BCUT2D eigenvalue weighted by atomic mass is 10.4.